The van der Waals surface area contributed by atoms with Crippen LogP contribution >= 0.6 is 0 Å². The Hall–Kier alpha value is -3.18. The van der Waals surface area contributed by atoms with Gasteiger partial charge in [0, 0.05) is 32.4 Å². The van der Waals surface area contributed by atoms with Crippen LogP contribution in [0.25, 0.3) is 0 Å². The fourth-order valence-electron chi connectivity index (χ4n) is 3.92. The van der Waals surface area contributed by atoms with Crippen molar-refractivity contribution in [2.24, 2.45) is 0 Å². The molecule has 1 aromatic heterocycles. The average Bonchev–Trinajstić information content (AvgIpc) is 2.81. The summed E-state index contributed by atoms with van der Waals surface area (Å²) in [6, 6.07) is 21.6. The highest BCUT2D eigenvalue weighted by atomic mass is 16.5. The molecule has 4 rings (SSSR count). The fourth-order valence-corrected chi connectivity index (χ4v) is 3.92. The highest BCUT2D eigenvalue weighted by Gasteiger charge is 2.22. The van der Waals surface area contributed by atoms with Crippen LogP contribution in [-0.4, -0.2) is 35.0 Å². The number of aromatic nitrogens is 1. The molecule has 0 radical (unpaired) electrons. The van der Waals surface area contributed by atoms with Gasteiger partial charge in [-0.1, -0.05) is 42.5 Å². The van der Waals surface area contributed by atoms with Gasteiger partial charge in [-0.25, -0.2) is 0 Å². The zero-order valence-corrected chi connectivity index (χ0v) is 18.0. The van der Waals surface area contributed by atoms with E-state index in [1.807, 2.05) is 60.8 Å². The van der Waals surface area contributed by atoms with Crippen molar-refractivity contribution < 1.29 is 9.53 Å². The van der Waals surface area contributed by atoms with Crippen molar-refractivity contribution in [3.8, 4) is 5.75 Å². The molecular formula is C26H29N3O2. The number of para-hydroxylation sites is 1. The first kappa shape index (κ1) is 21.1. The van der Waals surface area contributed by atoms with Crippen LogP contribution in [-0.2, 0) is 13.1 Å². The van der Waals surface area contributed by atoms with Gasteiger partial charge < -0.3 is 10.1 Å². The number of rotatable bonds is 7. The van der Waals surface area contributed by atoms with Crippen molar-refractivity contribution >= 4 is 5.91 Å². The van der Waals surface area contributed by atoms with Crippen LogP contribution in [0, 0.1) is 6.92 Å². The van der Waals surface area contributed by atoms with Crippen molar-refractivity contribution in [2.45, 2.75) is 39.0 Å². The highest BCUT2D eigenvalue weighted by molar-refractivity contribution is 5.96. The highest BCUT2D eigenvalue weighted by Crippen LogP contribution is 2.24. The Morgan fingerprint density at radius 3 is 2.55 bits per heavy atom. The summed E-state index contributed by atoms with van der Waals surface area (Å²) in [7, 11) is 0. The molecule has 1 aliphatic rings. The number of nitrogens with zero attached hydrogens (tertiary/aromatic N) is 2. The number of benzene rings is 2. The summed E-state index contributed by atoms with van der Waals surface area (Å²) in [5.41, 5.74) is 3.98. The lowest BCUT2D eigenvalue weighted by Crippen LogP contribution is -2.38. The van der Waals surface area contributed by atoms with Crippen LogP contribution < -0.4 is 10.1 Å². The van der Waals surface area contributed by atoms with Gasteiger partial charge in [0.2, 0.25) is 0 Å². The first-order chi connectivity index (χ1) is 15.2. The summed E-state index contributed by atoms with van der Waals surface area (Å²) in [6.07, 6.45) is 3.83. The number of nitrogens with one attached hydrogen (secondary N) is 1. The topological polar surface area (TPSA) is 54.5 Å². The number of amides is 1. The van der Waals surface area contributed by atoms with Crippen molar-refractivity contribution in [1.29, 1.82) is 0 Å². The Morgan fingerprint density at radius 2 is 1.77 bits per heavy atom. The van der Waals surface area contributed by atoms with Gasteiger partial charge in [0.05, 0.1) is 11.3 Å². The molecule has 1 saturated heterocycles. The first-order valence-electron chi connectivity index (χ1n) is 10.9. The van der Waals surface area contributed by atoms with E-state index in [0.717, 1.165) is 43.7 Å². The van der Waals surface area contributed by atoms with Crippen LogP contribution in [0.1, 0.15) is 40.0 Å². The average molecular weight is 416 g/mol. The number of aryl methyl sites for hydroxylation is 1. The van der Waals surface area contributed by atoms with Crippen LogP contribution in [0.15, 0.2) is 72.9 Å². The molecule has 1 fully saturated rings. The van der Waals surface area contributed by atoms with Crippen molar-refractivity contribution in [1.82, 2.24) is 15.2 Å². The number of pyridine rings is 1. The first-order valence-corrected chi connectivity index (χ1v) is 10.9. The molecule has 3 aromatic rings. The minimum Gasteiger partial charge on any atom is -0.489 e. The van der Waals surface area contributed by atoms with E-state index in [9.17, 15) is 4.79 Å². The maximum atomic E-state index is 12.8. The van der Waals surface area contributed by atoms with E-state index in [1.54, 1.807) is 0 Å². The Morgan fingerprint density at radius 1 is 1.03 bits per heavy atom. The standard InChI is InChI=1S/C26H29N3O2/c1-20-8-2-3-9-21(20)18-28-26(30)24-11-4-5-12-25(24)31-23-13-16-29(17-14-23)19-22-10-6-7-15-27-22/h2-12,15,23H,13-14,16-19H2,1H3,(H,28,30). The van der Waals surface area contributed by atoms with Gasteiger partial charge >= 0.3 is 0 Å². The van der Waals surface area contributed by atoms with Gasteiger partial charge in [-0.2, -0.15) is 0 Å². The molecule has 0 bridgehead atoms. The molecule has 160 valence electrons. The molecule has 1 aliphatic heterocycles. The summed E-state index contributed by atoms with van der Waals surface area (Å²) in [5, 5.41) is 3.03. The fraction of sp³-hybridized carbons (Fsp3) is 0.308. The van der Waals surface area contributed by atoms with Crippen LogP contribution in [0.2, 0.25) is 0 Å². The maximum Gasteiger partial charge on any atom is 0.255 e. The van der Waals surface area contributed by atoms with Gasteiger partial charge in [-0.05, 0) is 55.2 Å². The Bertz CT molecular complexity index is 998. The third-order valence-corrected chi connectivity index (χ3v) is 5.77. The Labute approximate surface area is 184 Å². The van der Waals surface area contributed by atoms with Gasteiger partial charge in [0.25, 0.3) is 5.91 Å². The van der Waals surface area contributed by atoms with Crippen molar-refractivity contribution in [3.63, 3.8) is 0 Å². The van der Waals surface area contributed by atoms with Crippen LogP contribution in [0.5, 0.6) is 5.75 Å². The van der Waals surface area contributed by atoms with E-state index < -0.39 is 0 Å². The summed E-state index contributed by atoms with van der Waals surface area (Å²) < 4.78 is 6.28. The zero-order chi connectivity index (χ0) is 21.5. The minimum atomic E-state index is -0.105. The Balaban J connectivity index is 1.32. The van der Waals surface area contributed by atoms with E-state index >= 15 is 0 Å². The molecule has 5 nitrogen and oxygen atoms in total. The monoisotopic (exact) mass is 415 g/mol. The normalized spacial score (nSPS) is 14.9. The largest absolute Gasteiger partial charge is 0.489 e. The number of ether oxygens (including phenoxy) is 1. The molecule has 0 spiro atoms. The molecule has 0 saturated carbocycles. The summed E-state index contributed by atoms with van der Waals surface area (Å²) in [6.45, 7) is 5.35. The molecule has 5 heteroatoms. The second-order valence-electron chi connectivity index (χ2n) is 8.02. The van der Waals surface area contributed by atoms with E-state index in [4.69, 9.17) is 4.74 Å². The molecule has 1 amide bonds. The summed E-state index contributed by atoms with van der Waals surface area (Å²) >= 11 is 0. The lowest BCUT2D eigenvalue weighted by molar-refractivity contribution is 0.0887. The second kappa shape index (κ2) is 10.2. The third kappa shape index (κ3) is 5.70. The summed E-state index contributed by atoms with van der Waals surface area (Å²) in [5.74, 6) is 0.555. The van der Waals surface area contributed by atoms with Crippen molar-refractivity contribution in [2.75, 3.05) is 13.1 Å². The molecule has 1 N–H and O–H groups in total. The zero-order valence-electron chi connectivity index (χ0n) is 18.0. The molecule has 31 heavy (non-hydrogen) atoms. The number of piperidine rings is 1. The number of hydrogen-bond donors (Lipinski definition) is 1. The summed E-state index contributed by atoms with van der Waals surface area (Å²) in [4.78, 5) is 19.7. The van der Waals surface area contributed by atoms with Crippen LogP contribution in [0.4, 0.5) is 0 Å². The molecular weight excluding hydrogens is 386 g/mol. The Kier molecular flexibility index (Phi) is 6.95. The van der Waals surface area contributed by atoms with Gasteiger partial charge in [0.1, 0.15) is 11.9 Å². The van der Waals surface area contributed by atoms with E-state index in [2.05, 4.69) is 34.3 Å². The number of carbonyl (C=O) groups is 1. The third-order valence-electron chi connectivity index (χ3n) is 5.77. The quantitative estimate of drug-likeness (QED) is 0.623. The van der Waals surface area contributed by atoms with Crippen LogP contribution in [0.3, 0.4) is 0 Å². The molecule has 2 heterocycles. The number of carbonyl (C=O) groups excluding carboxylic acids is 1. The molecule has 0 unspecified atom stereocenters. The predicted molar refractivity (Wildman–Crippen MR) is 122 cm³/mol. The van der Waals surface area contributed by atoms with Gasteiger partial charge in [-0.15, -0.1) is 0 Å². The second-order valence-corrected chi connectivity index (χ2v) is 8.02. The number of hydrogen-bond acceptors (Lipinski definition) is 4. The number of likely N-dealkylation sites (tertiary alicyclic amines) is 1. The minimum absolute atomic E-state index is 0.105. The van der Waals surface area contributed by atoms with Gasteiger partial charge in [-0.3, -0.25) is 14.7 Å². The van der Waals surface area contributed by atoms with E-state index in [-0.39, 0.29) is 12.0 Å². The predicted octanol–water partition coefficient (Wildman–Crippen LogP) is 4.36. The smallest absolute Gasteiger partial charge is 0.255 e. The van der Waals surface area contributed by atoms with E-state index in [1.165, 1.54) is 5.56 Å². The van der Waals surface area contributed by atoms with Crippen molar-refractivity contribution in [3.05, 3.63) is 95.3 Å². The molecule has 0 atom stereocenters. The van der Waals surface area contributed by atoms with E-state index in [0.29, 0.717) is 17.9 Å². The lowest BCUT2D eigenvalue weighted by atomic mass is 10.1. The maximum absolute atomic E-state index is 12.8. The molecule has 2 aromatic carbocycles. The molecule has 0 aliphatic carbocycles. The SMILES string of the molecule is Cc1ccccc1CNC(=O)c1ccccc1OC1CCN(Cc2ccccn2)CC1. The lowest BCUT2D eigenvalue weighted by Gasteiger charge is -2.32. The van der Waals surface area contributed by atoms with Gasteiger partial charge in [0.15, 0.2) is 0 Å².